The minimum atomic E-state index is 0.0311. The van der Waals surface area contributed by atoms with Crippen LogP contribution < -0.4 is 10.1 Å². The van der Waals surface area contributed by atoms with Gasteiger partial charge in [0.2, 0.25) is 5.91 Å². The number of halogens is 1. The molecular weight excluding hydrogens is 464 g/mol. The summed E-state index contributed by atoms with van der Waals surface area (Å²) in [5, 5.41) is 4.70. The lowest BCUT2D eigenvalue weighted by Gasteiger charge is -2.32. The number of hydrogen-bond acceptors (Lipinski definition) is 6. The first-order valence-electron chi connectivity index (χ1n) is 11.9. The third-order valence-electron chi connectivity index (χ3n) is 6.79. The molecule has 3 aromatic rings. The van der Waals surface area contributed by atoms with E-state index in [1.165, 1.54) is 0 Å². The summed E-state index contributed by atoms with van der Waals surface area (Å²) < 4.78 is 5.38. The molecule has 1 N–H and O–H groups in total. The van der Waals surface area contributed by atoms with E-state index < -0.39 is 0 Å². The number of aromatic nitrogens is 1. The highest BCUT2D eigenvalue weighted by molar-refractivity contribution is 6.31. The second-order valence-electron chi connectivity index (χ2n) is 9.33. The van der Waals surface area contributed by atoms with Crippen LogP contribution in [0.4, 0.5) is 5.69 Å². The predicted molar refractivity (Wildman–Crippen MR) is 138 cm³/mol. The SMILES string of the molecule is COc1cc(Cl)cc(-c2ccc3ncc(C(=O)C4CC4)c(NCC(=O)N4CCN(C)CC4)c3c2)c1. The van der Waals surface area contributed by atoms with Crippen molar-refractivity contribution in [1.29, 1.82) is 0 Å². The summed E-state index contributed by atoms with van der Waals surface area (Å²) in [6.07, 6.45) is 3.45. The molecule has 2 aliphatic rings. The molecule has 8 heteroatoms. The molecule has 1 aliphatic carbocycles. The summed E-state index contributed by atoms with van der Waals surface area (Å²) in [5.74, 6) is 0.829. The number of ether oxygens (including phenoxy) is 1. The fourth-order valence-electron chi connectivity index (χ4n) is 4.49. The average Bonchev–Trinajstić information content (AvgIpc) is 3.72. The van der Waals surface area contributed by atoms with Crippen LogP contribution in [-0.4, -0.2) is 73.4 Å². The molecule has 1 aromatic heterocycles. The highest BCUT2D eigenvalue weighted by Gasteiger charge is 2.32. The van der Waals surface area contributed by atoms with E-state index in [-0.39, 0.29) is 24.2 Å². The first kappa shape index (κ1) is 23.6. The van der Waals surface area contributed by atoms with Crippen LogP contribution in [0, 0.1) is 5.92 Å². The van der Waals surface area contributed by atoms with E-state index >= 15 is 0 Å². The maximum absolute atomic E-state index is 13.1. The highest BCUT2D eigenvalue weighted by Crippen LogP contribution is 2.38. The third-order valence-corrected chi connectivity index (χ3v) is 7.01. The normalized spacial score (nSPS) is 16.4. The number of amides is 1. The van der Waals surface area contributed by atoms with E-state index in [0.717, 1.165) is 48.0 Å². The van der Waals surface area contributed by atoms with Crippen LogP contribution in [0.1, 0.15) is 23.2 Å². The van der Waals surface area contributed by atoms with Gasteiger partial charge in [-0.1, -0.05) is 17.7 Å². The Hall–Kier alpha value is -3.16. The molecule has 0 atom stereocenters. The minimum absolute atomic E-state index is 0.0311. The summed E-state index contributed by atoms with van der Waals surface area (Å²) in [5.41, 5.74) is 3.79. The molecule has 0 spiro atoms. The molecule has 35 heavy (non-hydrogen) atoms. The van der Waals surface area contributed by atoms with Crippen LogP contribution >= 0.6 is 11.6 Å². The number of rotatable bonds is 7. The molecule has 0 radical (unpaired) electrons. The van der Waals surface area contributed by atoms with Crippen LogP contribution in [0.3, 0.4) is 0 Å². The summed E-state index contributed by atoms with van der Waals surface area (Å²) >= 11 is 6.31. The Balaban J connectivity index is 1.51. The highest BCUT2D eigenvalue weighted by atomic mass is 35.5. The number of anilines is 1. The molecule has 2 heterocycles. The first-order valence-corrected chi connectivity index (χ1v) is 12.3. The Kier molecular flexibility index (Phi) is 6.62. The number of nitrogens with zero attached hydrogens (tertiary/aromatic N) is 3. The number of nitrogens with one attached hydrogen (secondary N) is 1. The predicted octanol–water partition coefficient (Wildman–Crippen LogP) is 4.34. The number of piperazine rings is 1. The maximum Gasteiger partial charge on any atom is 0.241 e. The van der Waals surface area contributed by atoms with Crippen LogP contribution in [0.15, 0.2) is 42.6 Å². The van der Waals surface area contributed by atoms with Crippen molar-refractivity contribution in [2.75, 3.05) is 52.2 Å². The van der Waals surface area contributed by atoms with Crippen molar-refractivity contribution in [2.24, 2.45) is 5.92 Å². The van der Waals surface area contributed by atoms with Crippen molar-refractivity contribution in [3.63, 3.8) is 0 Å². The Labute approximate surface area is 210 Å². The first-order chi connectivity index (χ1) is 16.9. The average molecular weight is 493 g/mol. The van der Waals surface area contributed by atoms with E-state index in [4.69, 9.17) is 16.3 Å². The molecule has 7 nitrogen and oxygen atoms in total. The topological polar surface area (TPSA) is 74.8 Å². The molecule has 1 aliphatic heterocycles. The number of carbonyl (C=O) groups excluding carboxylic acids is 2. The summed E-state index contributed by atoms with van der Waals surface area (Å²) in [6, 6.07) is 11.5. The second kappa shape index (κ2) is 9.84. The molecule has 1 saturated carbocycles. The van der Waals surface area contributed by atoms with Crippen molar-refractivity contribution in [3.05, 3.63) is 53.2 Å². The second-order valence-corrected chi connectivity index (χ2v) is 9.77. The zero-order chi connectivity index (χ0) is 24.5. The molecule has 1 saturated heterocycles. The molecule has 0 unspecified atom stereocenters. The van der Waals surface area contributed by atoms with E-state index in [9.17, 15) is 9.59 Å². The molecule has 0 bridgehead atoms. The number of methoxy groups -OCH3 is 1. The molecule has 2 fully saturated rings. The van der Waals surface area contributed by atoms with Crippen LogP contribution in [-0.2, 0) is 4.79 Å². The number of benzene rings is 2. The lowest BCUT2D eigenvalue weighted by molar-refractivity contribution is -0.130. The summed E-state index contributed by atoms with van der Waals surface area (Å²) in [7, 11) is 3.67. The Bertz CT molecular complexity index is 1280. The van der Waals surface area contributed by atoms with Crippen LogP contribution in [0.5, 0.6) is 5.75 Å². The number of Topliss-reactive ketones (excluding diaryl/α,β-unsaturated/α-hetero) is 1. The lowest BCUT2D eigenvalue weighted by Crippen LogP contribution is -2.48. The van der Waals surface area contributed by atoms with Crippen LogP contribution in [0.2, 0.25) is 5.02 Å². The van der Waals surface area contributed by atoms with Crippen molar-refractivity contribution < 1.29 is 14.3 Å². The third kappa shape index (κ3) is 5.11. The number of pyridine rings is 1. The van der Waals surface area contributed by atoms with Crippen LogP contribution in [0.25, 0.3) is 22.0 Å². The van der Waals surface area contributed by atoms with Gasteiger partial charge in [-0.15, -0.1) is 0 Å². The molecular formula is C27H29ClN4O3. The number of carbonyl (C=O) groups is 2. The van der Waals surface area contributed by atoms with Gasteiger partial charge in [0.15, 0.2) is 5.78 Å². The number of fused-ring (bicyclic) bond motifs is 1. The maximum atomic E-state index is 13.1. The number of likely N-dealkylation sites (N-methyl/N-ethyl adjacent to an activating group) is 1. The largest absolute Gasteiger partial charge is 0.497 e. The van der Waals surface area contributed by atoms with Crippen molar-refractivity contribution in [1.82, 2.24) is 14.8 Å². The molecule has 182 valence electrons. The fraction of sp³-hybridized carbons (Fsp3) is 0.370. The Morgan fingerprint density at radius 2 is 1.86 bits per heavy atom. The quantitative estimate of drug-likeness (QED) is 0.494. The van der Waals surface area contributed by atoms with Gasteiger partial charge in [0.1, 0.15) is 5.75 Å². The smallest absolute Gasteiger partial charge is 0.241 e. The van der Waals surface area contributed by atoms with Gasteiger partial charge in [-0.3, -0.25) is 14.6 Å². The Morgan fingerprint density at radius 1 is 1.09 bits per heavy atom. The van der Waals surface area contributed by atoms with E-state index in [1.807, 2.05) is 35.2 Å². The van der Waals surface area contributed by atoms with E-state index in [0.29, 0.717) is 35.1 Å². The van der Waals surface area contributed by atoms with Gasteiger partial charge < -0.3 is 19.9 Å². The van der Waals surface area contributed by atoms with E-state index in [2.05, 4.69) is 22.2 Å². The van der Waals surface area contributed by atoms with Crippen molar-refractivity contribution in [3.8, 4) is 16.9 Å². The summed E-state index contributed by atoms with van der Waals surface area (Å²) in [4.78, 5) is 34.7. The van der Waals surface area contributed by atoms with Gasteiger partial charge in [0.05, 0.1) is 30.4 Å². The summed E-state index contributed by atoms with van der Waals surface area (Å²) in [6.45, 7) is 3.28. The van der Waals surface area contributed by atoms with E-state index in [1.54, 1.807) is 19.4 Å². The van der Waals surface area contributed by atoms with Crippen molar-refractivity contribution in [2.45, 2.75) is 12.8 Å². The van der Waals surface area contributed by atoms with Gasteiger partial charge in [-0.05, 0) is 61.3 Å². The zero-order valence-corrected chi connectivity index (χ0v) is 20.8. The fourth-order valence-corrected chi connectivity index (χ4v) is 4.72. The molecule has 2 aromatic carbocycles. The Morgan fingerprint density at radius 3 is 2.57 bits per heavy atom. The van der Waals surface area contributed by atoms with Gasteiger partial charge in [0, 0.05) is 48.7 Å². The minimum Gasteiger partial charge on any atom is -0.497 e. The van der Waals surface area contributed by atoms with Gasteiger partial charge in [0.25, 0.3) is 0 Å². The molecule has 5 rings (SSSR count). The molecule has 1 amide bonds. The van der Waals surface area contributed by atoms with Gasteiger partial charge in [-0.25, -0.2) is 0 Å². The number of hydrogen-bond donors (Lipinski definition) is 1. The van der Waals surface area contributed by atoms with Crippen molar-refractivity contribution >= 4 is 39.9 Å². The van der Waals surface area contributed by atoms with Gasteiger partial charge in [-0.2, -0.15) is 0 Å². The lowest BCUT2D eigenvalue weighted by atomic mass is 9.99. The monoisotopic (exact) mass is 492 g/mol. The van der Waals surface area contributed by atoms with Gasteiger partial charge >= 0.3 is 0 Å². The number of ketones is 1. The standard InChI is InChI=1S/C27H29ClN4O3/c1-31-7-9-32(10-8-31)25(33)16-30-26-22-13-18(19-11-20(28)14-21(12-19)35-2)5-6-24(22)29-15-23(26)27(34)17-3-4-17/h5-6,11-15,17H,3-4,7-10,16H2,1-2H3,(H,29,30). The zero-order valence-electron chi connectivity index (χ0n) is 20.0.